The van der Waals surface area contributed by atoms with Crippen molar-refractivity contribution in [3.05, 3.63) is 94.8 Å². The zero-order valence-electron chi connectivity index (χ0n) is 21.6. The molecule has 0 saturated carbocycles. The van der Waals surface area contributed by atoms with E-state index in [4.69, 9.17) is 0 Å². The van der Waals surface area contributed by atoms with Crippen molar-refractivity contribution in [2.75, 3.05) is 32.5 Å². The standard InChI is InChI=1S/C29H39N5/c1-21-13-14-26(17-23(21)3)20-33(7)16-10-15-31-29(34-25(5)28(30-6)19-32-34)18-24(4)27-12-9-8-11-22(27)2/h8-9,11-14,17-19,30-31H,4,10,15-16,20H2,1-3,5-7H3/b29-18-. The number of hydrogen-bond acceptors (Lipinski definition) is 4. The van der Waals surface area contributed by atoms with Crippen molar-refractivity contribution in [3.63, 3.8) is 0 Å². The Morgan fingerprint density at radius 1 is 1.06 bits per heavy atom. The molecule has 0 bridgehead atoms. The second-order valence-corrected chi connectivity index (χ2v) is 9.11. The maximum atomic E-state index is 4.61. The molecule has 0 aliphatic carbocycles. The average Bonchev–Trinajstić information content (AvgIpc) is 3.18. The van der Waals surface area contributed by atoms with Gasteiger partial charge in [-0.05, 0) is 87.2 Å². The Morgan fingerprint density at radius 2 is 1.82 bits per heavy atom. The highest BCUT2D eigenvalue weighted by molar-refractivity contribution is 5.79. The number of benzene rings is 2. The first-order valence-corrected chi connectivity index (χ1v) is 12.0. The molecule has 5 nitrogen and oxygen atoms in total. The van der Waals surface area contributed by atoms with Crippen LogP contribution in [-0.2, 0) is 6.54 Å². The highest BCUT2D eigenvalue weighted by Gasteiger charge is 2.11. The Labute approximate surface area is 205 Å². The Morgan fingerprint density at radius 3 is 2.50 bits per heavy atom. The van der Waals surface area contributed by atoms with Gasteiger partial charge in [-0.3, -0.25) is 0 Å². The van der Waals surface area contributed by atoms with Crippen LogP contribution in [0.1, 0.15) is 39.9 Å². The van der Waals surface area contributed by atoms with Gasteiger partial charge in [-0.2, -0.15) is 5.10 Å². The number of allylic oxidation sites excluding steroid dienone is 2. The Balaban J connectivity index is 1.67. The summed E-state index contributed by atoms with van der Waals surface area (Å²) in [5.41, 5.74) is 9.46. The average molecular weight is 458 g/mol. The molecule has 1 heterocycles. The number of rotatable bonds is 11. The zero-order valence-corrected chi connectivity index (χ0v) is 21.6. The zero-order chi connectivity index (χ0) is 24.7. The largest absolute Gasteiger partial charge is 0.385 e. The van der Waals surface area contributed by atoms with Gasteiger partial charge in [0.25, 0.3) is 0 Å². The molecular formula is C29H39N5. The number of aromatic nitrogens is 2. The minimum Gasteiger partial charge on any atom is -0.385 e. The van der Waals surface area contributed by atoms with Gasteiger partial charge in [0.15, 0.2) is 0 Å². The predicted octanol–water partition coefficient (Wildman–Crippen LogP) is 5.78. The number of anilines is 1. The summed E-state index contributed by atoms with van der Waals surface area (Å²) in [7, 11) is 4.10. The van der Waals surface area contributed by atoms with Gasteiger partial charge in [-0.1, -0.05) is 49.0 Å². The van der Waals surface area contributed by atoms with E-state index in [1.54, 1.807) is 0 Å². The Hall–Kier alpha value is -3.31. The van der Waals surface area contributed by atoms with Crippen molar-refractivity contribution in [1.82, 2.24) is 20.0 Å². The molecule has 0 aliphatic heterocycles. The fraction of sp³-hybridized carbons (Fsp3) is 0.345. The van der Waals surface area contributed by atoms with Crippen LogP contribution in [0.4, 0.5) is 5.69 Å². The van der Waals surface area contributed by atoms with Gasteiger partial charge >= 0.3 is 0 Å². The SMILES string of the molecule is C=C(/C=C(/NCCCN(C)Cc1ccc(C)c(C)c1)n1ncc(NC)c1C)c1ccccc1C. The lowest BCUT2D eigenvalue weighted by atomic mass is 10.0. The molecule has 0 amide bonds. The van der Waals surface area contributed by atoms with Gasteiger partial charge in [0, 0.05) is 20.1 Å². The minimum absolute atomic E-state index is 0.846. The van der Waals surface area contributed by atoms with Crippen molar-refractivity contribution in [2.45, 2.75) is 40.7 Å². The van der Waals surface area contributed by atoms with Gasteiger partial charge in [-0.15, -0.1) is 0 Å². The van der Waals surface area contributed by atoms with Crippen LogP contribution in [0, 0.1) is 27.7 Å². The van der Waals surface area contributed by atoms with Crippen LogP contribution in [0.3, 0.4) is 0 Å². The number of nitrogens with one attached hydrogen (secondary N) is 2. The molecule has 0 unspecified atom stereocenters. The number of hydrogen-bond donors (Lipinski definition) is 2. The van der Waals surface area contributed by atoms with Crippen LogP contribution >= 0.6 is 0 Å². The van der Waals surface area contributed by atoms with Gasteiger partial charge in [-0.25, -0.2) is 4.68 Å². The summed E-state index contributed by atoms with van der Waals surface area (Å²) in [5.74, 6) is 0.934. The highest BCUT2D eigenvalue weighted by Crippen LogP contribution is 2.22. The molecule has 0 spiro atoms. The van der Waals surface area contributed by atoms with Gasteiger partial charge < -0.3 is 15.5 Å². The van der Waals surface area contributed by atoms with Crippen LogP contribution < -0.4 is 10.6 Å². The van der Waals surface area contributed by atoms with Gasteiger partial charge in [0.05, 0.1) is 17.6 Å². The van der Waals surface area contributed by atoms with E-state index in [0.717, 1.165) is 54.4 Å². The van der Waals surface area contributed by atoms with Gasteiger partial charge in [0.2, 0.25) is 0 Å². The van der Waals surface area contributed by atoms with Crippen LogP contribution in [0.15, 0.2) is 61.3 Å². The topological polar surface area (TPSA) is 45.1 Å². The molecule has 2 N–H and O–H groups in total. The third-order valence-corrected chi connectivity index (χ3v) is 6.36. The second kappa shape index (κ2) is 11.7. The lowest BCUT2D eigenvalue weighted by Crippen LogP contribution is -2.25. The molecule has 3 rings (SSSR count). The molecule has 0 atom stereocenters. The molecule has 0 saturated heterocycles. The molecular weight excluding hydrogens is 418 g/mol. The van der Waals surface area contributed by atoms with E-state index in [-0.39, 0.29) is 0 Å². The Kier molecular flexibility index (Phi) is 8.72. The molecule has 3 aromatic rings. The van der Waals surface area contributed by atoms with E-state index in [2.05, 4.69) is 110 Å². The molecule has 0 radical (unpaired) electrons. The van der Waals surface area contributed by atoms with Gasteiger partial charge in [0.1, 0.15) is 5.82 Å². The summed E-state index contributed by atoms with van der Waals surface area (Å²) in [6.07, 6.45) is 4.98. The monoisotopic (exact) mass is 457 g/mol. The summed E-state index contributed by atoms with van der Waals surface area (Å²) < 4.78 is 1.95. The highest BCUT2D eigenvalue weighted by atomic mass is 15.3. The second-order valence-electron chi connectivity index (χ2n) is 9.11. The van der Waals surface area contributed by atoms with Crippen molar-refractivity contribution in [3.8, 4) is 0 Å². The molecule has 1 aromatic heterocycles. The predicted molar refractivity (Wildman–Crippen MR) is 146 cm³/mol. The van der Waals surface area contributed by atoms with Crippen molar-refractivity contribution < 1.29 is 0 Å². The van der Waals surface area contributed by atoms with Crippen LogP contribution in [-0.4, -0.2) is 41.9 Å². The third kappa shape index (κ3) is 6.39. The van der Waals surface area contributed by atoms with E-state index in [9.17, 15) is 0 Å². The first kappa shape index (κ1) is 25.3. The molecule has 0 fully saturated rings. The molecule has 34 heavy (non-hydrogen) atoms. The minimum atomic E-state index is 0.846. The van der Waals surface area contributed by atoms with E-state index in [1.165, 1.54) is 22.3 Å². The summed E-state index contributed by atoms with van der Waals surface area (Å²) in [4.78, 5) is 2.37. The molecule has 5 heteroatoms. The van der Waals surface area contributed by atoms with Crippen molar-refractivity contribution >= 4 is 17.1 Å². The number of aryl methyl sites for hydroxylation is 3. The lowest BCUT2D eigenvalue weighted by Gasteiger charge is -2.19. The maximum absolute atomic E-state index is 4.61. The van der Waals surface area contributed by atoms with Crippen molar-refractivity contribution in [1.29, 1.82) is 0 Å². The van der Waals surface area contributed by atoms with Crippen LogP contribution in [0.5, 0.6) is 0 Å². The molecule has 180 valence electrons. The normalized spacial score (nSPS) is 11.7. The summed E-state index contributed by atoms with van der Waals surface area (Å²) >= 11 is 0. The fourth-order valence-electron chi connectivity index (χ4n) is 4.12. The van der Waals surface area contributed by atoms with Crippen LogP contribution in [0.25, 0.3) is 11.4 Å². The third-order valence-electron chi connectivity index (χ3n) is 6.36. The van der Waals surface area contributed by atoms with Crippen LogP contribution in [0.2, 0.25) is 0 Å². The Bertz CT molecular complexity index is 1160. The summed E-state index contributed by atoms with van der Waals surface area (Å²) in [6.45, 7) is 15.7. The molecule has 0 aliphatic rings. The van der Waals surface area contributed by atoms with E-state index >= 15 is 0 Å². The van der Waals surface area contributed by atoms with E-state index < -0.39 is 0 Å². The smallest absolute Gasteiger partial charge is 0.128 e. The van der Waals surface area contributed by atoms with Crippen molar-refractivity contribution in [2.24, 2.45) is 0 Å². The van der Waals surface area contributed by atoms with E-state index in [0.29, 0.717) is 0 Å². The summed E-state index contributed by atoms with van der Waals surface area (Å²) in [6, 6.07) is 15.1. The molecule has 2 aromatic carbocycles. The van der Waals surface area contributed by atoms with E-state index in [1.807, 2.05) is 17.9 Å². The number of nitrogens with zero attached hydrogens (tertiary/aromatic N) is 3. The maximum Gasteiger partial charge on any atom is 0.128 e. The summed E-state index contributed by atoms with van der Waals surface area (Å²) in [5, 5.41) is 11.4. The quantitative estimate of drug-likeness (QED) is 0.283. The fourth-order valence-corrected chi connectivity index (χ4v) is 4.12. The first-order chi connectivity index (χ1) is 16.3. The lowest BCUT2D eigenvalue weighted by molar-refractivity contribution is 0.321. The first-order valence-electron chi connectivity index (χ1n) is 12.0.